The SMILES string of the molecule is CCC(CCN)N(C)CC(=O)OC. The van der Waals surface area contributed by atoms with Crippen molar-refractivity contribution in [2.24, 2.45) is 5.73 Å². The molecule has 0 aliphatic heterocycles. The first-order chi connectivity index (χ1) is 6.15. The lowest BCUT2D eigenvalue weighted by atomic mass is 10.1. The van der Waals surface area contributed by atoms with Crippen LogP contribution in [0, 0.1) is 0 Å². The van der Waals surface area contributed by atoms with Gasteiger partial charge in [0.25, 0.3) is 0 Å². The molecule has 0 radical (unpaired) electrons. The third-order valence-corrected chi connectivity index (χ3v) is 2.20. The molecule has 0 aliphatic rings. The van der Waals surface area contributed by atoms with E-state index in [1.54, 1.807) is 0 Å². The molecule has 0 aromatic rings. The van der Waals surface area contributed by atoms with Gasteiger partial charge in [0.05, 0.1) is 13.7 Å². The van der Waals surface area contributed by atoms with Crippen LogP contribution in [0.1, 0.15) is 19.8 Å². The zero-order valence-corrected chi connectivity index (χ0v) is 8.75. The Bertz CT molecular complexity index is 151. The predicted molar refractivity (Wildman–Crippen MR) is 52.4 cm³/mol. The number of nitrogens with zero attached hydrogens (tertiary/aromatic N) is 1. The standard InChI is InChI=1S/C9H20N2O2/c1-4-8(5-6-10)11(2)7-9(12)13-3/h8H,4-7,10H2,1-3H3. The molecule has 0 saturated heterocycles. The Morgan fingerprint density at radius 1 is 1.62 bits per heavy atom. The molecular weight excluding hydrogens is 168 g/mol. The molecule has 0 spiro atoms. The second-order valence-electron chi connectivity index (χ2n) is 3.13. The van der Waals surface area contributed by atoms with Crippen LogP contribution in [-0.4, -0.2) is 44.2 Å². The van der Waals surface area contributed by atoms with Crippen molar-refractivity contribution in [2.45, 2.75) is 25.8 Å². The van der Waals surface area contributed by atoms with Crippen molar-refractivity contribution in [3.63, 3.8) is 0 Å². The fourth-order valence-electron chi connectivity index (χ4n) is 1.33. The largest absolute Gasteiger partial charge is 0.468 e. The van der Waals surface area contributed by atoms with Gasteiger partial charge in [0, 0.05) is 6.04 Å². The molecule has 0 aromatic heterocycles. The van der Waals surface area contributed by atoms with Crippen LogP contribution in [0.15, 0.2) is 0 Å². The average Bonchev–Trinajstić information content (AvgIpc) is 2.13. The molecule has 0 aromatic carbocycles. The zero-order valence-electron chi connectivity index (χ0n) is 8.75. The Morgan fingerprint density at radius 3 is 2.62 bits per heavy atom. The minimum atomic E-state index is -0.196. The summed E-state index contributed by atoms with van der Waals surface area (Å²) in [6.45, 7) is 3.09. The summed E-state index contributed by atoms with van der Waals surface area (Å²) in [5.74, 6) is -0.196. The highest BCUT2D eigenvalue weighted by Gasteiger charge is 2.14. The molecule has 13 heavy (non-hydrogen) atoms. The number of methoxy groups -OCH3 is 1. The van der Waals surface area contributed by atoms with Gasteiger partial charge in [0.15, 0.2) is 0 Å². The van der Waals surface area contributed by atoms with Crippen molar-refractivity contribution in [3.05, 3.63) is 0 Å². The minimum Gasteiger partial charge on any atom is -0.468 e. The van der Waals surface area contributed by atoms with E-state index in [-0.39, 0.29) is 5.97 Å². The molecule has 0 rings (SSSR count). The number of likely N-dealkylation sites (N-methyl/N-ethyl adjacent to an activating group) is 1. The van der Waals surface area contributed by atoms with E-state index in [2.05, 4.69) is 11.7 Å². The maximum Gasteiger partial charge on any atom is 0.319 e. The molecule has 78 valence electrons. The maximum atomic E-state index is 11.0. The van der Waals surface area contributed by atoms with Gasteiger partial charge in [0.2, 0.25) is 0 Å². The molecule has 0 heterocycles. The van der Waals surface area contributed by atoms with Crippen molar-refractivity contribution in [1.82, 2.24) is 4.90 Å². The quantitative estimate of drug-likeness (QED) is 0.606. The lowest BCUT2D eigenvalue weighted by molar-refractivity contribution is -0.142. The smallest absolute Gasteiger partial charge is 0.319 e. The molecule has 1 atom stereocenters. The number of ether oxygens (including phenoxy) is 1. The molecule has 0 aliphatic carbocycles. The molecule has 0 bridgehead atoms. The van der Waals surface area contributed by atoms with Gasteiger partial charge in [-0.15, -0.1) is 0 Å². The van der Waals surface area contributed by atoms with Gasteiger partial charge in [0.1, 0.15) is 0 Å². The summed E-state index contributed by atoms with van der Waals surface area (Å²) in [4.78, 5) is 12.9. The summed E-state index contributed by atoms with van der Waals surface area (Å²) in [6.07, 6.45) is 1.93. The molecule has 4 heteroatoms. The van der Waals surface area contributed by atoms with Gasteiger partial charge in [-0.05, 0) is 26.4 Å². The van der Waals surface area contributed by atoms with Crippen LogP contribution in [0.4, 0.5) is 0 Å². The van der Waals surface area contributed by atoms with Gasteiger partial charge in [-0.1, -0.05) is 6.92 Å². The Hall–Kier alpha value is -0.610. The first-order valence-corrected chi connectivity index (χ1v) is 4.62. The molecule has 2 N–H and O–H groups in total. The number of nitrogens with two attached hydrogens (primary N) is 1. The summed E-state index contributed by atoms with van der Waals surface area (Å²) in [6, 6.07) is 0.379. The number of rotatable bonds is 6. The van der Waals surface area contributed by atoms with Gasteiger partial charge in [-0.2, -0.15) is 0 Å². The number of carbonyl (C=O) groups excluding carboxylic acids is 1. The summed E-state index contributed by atoms with van der Waals surface area (Å²) in [7, 11) is 3.32. The van der Waals surface area contributed by atoms with E-state index >= 15 is 0 Å². The summed E-state index contributed by atoms with van der Waals surface area (Å²) in [5.41, 5.74) is 5.46. The molecule has 1 unspecified atom stereocenters. The topological polar surface area (TPSA) is 55.6 Å². The average molecular weight is 188 g/mol. The van der Waals surface area contributed by atoms with Gasteiger partial charge in [-0.25, -0.2) is 0 Å². The van der Waals surface area contributed by atoms with Crippen molar-refractivity contribution >= 4 is 5.97 Å². The predicted octanol–water partition coefficient (Wildman–Crippen LogP) is 0.219. The van der Waals surface area contributed by atoms with E-state index < -0.39 is 0 Å². The summed E-state index contributed by atoms with van der Waals surface area (Å²) in [5, 5.41) is 0. The number of hydrogen-bond acceptors (Lipinski definition) is 4. The number of hydrogen-bond donors (Lipinski definition) is 1. The van der Waals surface area contributed by atoms with Crippen molar-refractivity contribution < 1.29 is 9.53 Å². The molecule has 4 nitrogen and oxygen atoms in total. The molecular formula is C9H20N2O2. The lowest BCUT2D eigenvalue weighted by Crippen LogP contribution is -2.37. The Morgan fingerprint density at radius 2 is 2.23 bits per heavy atom. The first kappa shape index (κ1) is 12.4. The Labute approximate surface area is 80.0 Å². The van der Waals surface area contributed by atoms with Crippen LogP contribution in [0.5, 0.6) is 0 Å². The van der Waals surface area contributed by atoms with Crippen molar-refractivity contribution in [2.75, 3.05) is 27.2 Å². The van der Waals surface area contributed by atoms with Crippen LogP contribution >= 0.6 is 0 Å². The highest BCUT2D eigenvalue weighted by molar-refractivity contribution is 5.71. The van der Waals surface area contributed by atoms with Gasteiger partial charge in [-0.3, -0.25) is 9.69 Å². The third-order valence-electron chi connectivity index (χ3n) is 2.20. The fraction of sp³-hybridized carbons (Fsp3) is 0.889. The Kier molecular flexibility index (Phi) is 6.54. The lowest BCUT2D eigenvalue weighted by Gasteiger charge is -2.25. The van der Waals surface area contributed by atoms with Crippen molar-refractivity contribution in [3.8, 4) is 0 Å². The molecule has 0 saturated carbocycles. The van der Waals surface area contributed by atoms with E-state index in [0.717, 1.165) is 12.8 Å². The minimum absolute atomic E-state index is 0.196. The zero-order chi connectivity index (χ0) is 10.3. The van der Waals surface area contributed by atoms with E-state index in [0.29, 0.717) is 19.1 Å². The normalized spacial score (nSPS) is 13.0. The van der Waals surface area contributed by atoms with Gasteiger partial charge < -0.3 is 10.5 Å². The van der Waals surface area contributed by atoms with Crippen LogP contribution in [-0.2, 0) is 9.53 Å². The van der Waals surface area contributed by atoms with Crippen LogP contribution in [0.3, 0.4) is 0 Å². The molecule has 0 amide bonds. The highest BCUT2D eigenvalue weighted by atomic mass is 16.5. The van der Waals surface area contributed by atoms with Crippen LogP contribution in [0.25, 0.3) is 0 Å². The molecule has 0 fully saturated rings. The van der Waals surface area contributed by atoms with Crippen molar-refractivity contribution in [1.29, 1.82) is 0 Å². The second-order valence-corrected chi connectivity index (χ2v) is 3.13. The Balaban J connectivity index is 3.89. The van der Waals surface area contributed by atoms with E-state index in [1.807, 2.05) is 11.9 Å². The monoisotopic (exact) mass is 188 g/mol. The number of esters is 1. The van der Waals surface area contributed by atoms with Crippen LogP contribution < -0.4 is 5.73 Å². The highest BCUT2D eigenvalue weighted by Crippen LogP contribution is 2.05. The third kappa shape index (κ3) is 4.85. The second kappa shape index (κ2) is 6.86. The van der Waals surface area contributed by atoms with Crippen LogP contribution in [0.2, 0.25) is 0 Å². The van der Waals surface area contributed by atoms with Gasteiger partial charge >= 0.3 is 5.97 Å². The van der Waals surface area contributed by atoms with E-state index in [9.17, 15) is 4.79 Å². The summed E-state index contributed by atoms with van der Waals surface area (Å²) >= 11 is 0. The summed E-state index contributed by atoms with van der Waals surface area (Å²) < 4.78 is 4.58. The maximum absolute atomic E-state index is 11.0. The van der Waals surface area contributed by atoms with E-state index in [4.69, 9.17) is 5.73 Å². The first-order valence-electron chi connectivity index (χ1n) is 4.62. The number of carbonyl (C=O) groups is 1. The van der Waals surface area contributed by atoms with E-state index in [1.165, 1.54) is 7.11 Å². The fourth-order valence-corrected chi connectivity index (χ4v) is 1.33.